The Hall–Kier alpha value is -6.09. The lowest BCUT2D eigenvalue weighted by Gasteiger charge is -2.33. The molecule has 0 amide bonds. The van der Waals surface area contributed by atoms with E-state index in [1.165, 1.54) is 134 Å². The van der Waals surface area contributed by atoms with Crippen LogP contribution in [0.2, 0.25) is 38.3 Å². The van der Waals surface area contributed by atoms with Crippen molar-refractivity contribution in [3.63, 3.8) is 0 Å². The molecule has 8 fully saturated rings. The number of ether oxygens (including phenoxy) is 1. The maximum absolute atomic E-state index is 6.89. The molecule has 16 aliphatic carbocycles. The van der Waals surface area contributed by atoms with Crippen molar-refractivity contribution in [2.24, 2.45) is 142 Å². The molecule has 8 saturated carbocycles. The second kappa shape index (κ2) is 40.5. The molecule has 628 valence electrons. The molecule has 25 atom stereocenters. The van der Waals surface area contributed by atoms with Crippen LogP contribution in [0, 0.1) is 142 Å². The summed E-state index contributed by atoms with van der Waals surface area (Å²) >= 11 is 0. The third-order valence-corrected chi connectivity index (χ3v) is 46.0. The van der Waals surface area contributed by atoms with Crippen LogP contribution >= 0.6 is 0 Å². The zero-order valence-electron chi connectivity index (χ0n) is 73.7. The van der Waals surface area contributed by atoms with E-state index in [1.807, 2.05) is 0 Å². The van der Waals surface area contributed by atoms with Crippen LogP contribution in [-0.2, 0) is 22.4 Å². The van der Waals surface area contributed by atoms with Gasteiger partial charge in [0.05, 0.1) is 0 Å². The molecule has 16 bridgehead atoms. The fourth-order valence-electron chi connectivity index (χ4n) is 24.1. The first kappa shape index (κ1) is 86.8. The topological polar surface area (TPSA) is 46.2 Å². The van der Waals surface area contributed by atoms with Crippen LogP contribution in [0.4, 0.5) is 0 Å². The Morgan fingerprint density at radius 2 is 0.500 bits per heavy atom. The Bertz CT molecular complexity index is 4170. The molecule has 6 aromatic carbocycles. The summed E-state index contributed by atoms with van der Waals surface area (Å²) in [4.78, 5) is 0. The van der Waals surface area contributed by atoms with Gasteiger partial charge in [0.25, 0.3) is 16.6 Å². The highest BCUT2D eigenvalue weighted by atomic mass is 28.4. The molecule has 25 unspecified atom stereocenters. The van der Waals surface area contributed by atoms with E-state index in [-0.39, 0.29) is 0 Å². The largest absolute Gasteiger partial charge is 0.413 e. The Morgan fingerprint density at radius 3 is 0.746 bits per heavy atom. The van der Waals surface area contributed by atoms with Crippen LogP contribution in [0.1, 0.15) is 137 Å². The molecular weight excluding hydrogens is 1500 g/mol. The minimum atomic E-state index is -2.14. The summed E-state index contributed by atoms with van der Waals surface area (Å²) in [6.45, 7) is 25.7. The van der Waals surface area contributed by atoms with Gasteiger partial charge in [0, 0.05) is 40.1 Å². The Balaban J connectivity index is 0.000000109. The van der Waals surface area contributed by atoms with E-state index in [1.54, 1.807) is 7.11 Å². The molecule has 0 spiro atoms. The summed E-state index contributed by atoms with van der Waals surface area (Å²) < 4.78 is 31.6. The van der Waals surface area contributed by atoms with E-state index >= 15 is 0 Å². The van der Waals surface area contributed by atoms with E-state index in [4.69, 9.17) is 22.4 Å². The predicted molar refractivity (Wildman–Crippen MR) is 507 cm³/mol. The molecule has 118 heavy (non-hydrogen) atoms. The summed E-state index contributed by atoms with van der Waals surface area (Å²) in [5.41, 5.74) is 0. The van der Waals surface area contributed by atoms with E-state index in [0.717, 1.165) is 175 Å². The number of allylic oxidation sites excluding steroid dienone is 16. The average molecular weight is 1650 g/mol. The minimum absolute atomic E-state index is 0.712. The third-order valence-electron chi connectivity index (χ3n) is 31.9. The average Bonchev–Trinajstić information content (AvgIpc) is 0.835. The standard InChI is InChI=1S/C22H26OSi.C21H24OSi.C17H24OSi.C16H22OSi.C9H14O.3C8H12/c1-2-24(21-9-5-3-6-10-21,22-11-7-4-8-12-22)23-17-20-16-18-13-14-19(20)15-18;1-23(20-8-4-2-5-9-20,21-10-6-3-7-11-21)22-16-19-15-17-12-13-18(19)14-17;1-3-19(2,17-7-5-4-6-8-17)18-13-16-12-14-9-10-15(16)11-14;1-18(2,16-6-4-3-5-7-16)17-12-15-11-13-8-9-14(15)10-13;1-10-6-9-5-7-2-3-8(9)4-7;3*1-6-4-7-2-3-8(6)5-7/h3-14,18-20H,2,15-17H2,1H3;2-13,17-19H,14-16H2,1H3;4-10,14-16H,3,11-13H2,1-2H3;3-9,13-15H,10-12H2,1-2H3;2-3,7-9H,4-6H2,1H3;3*2-3,6-8H,4-5H2,1H3. The van der Waals surface area contributed by atoms with Crippen LogP contribution in [0.5, 0.6) is 0 Å². The highest BCUT2D eigenvalue weighted by Crippen LogP contribution is 2.50. The number of benzene rings is 6. The van der Waals surface area contributed by atoms with Crippen LogP contribution < -0.4 is 31.1 Å². The van der Waals surface area contributed by atoms with Crippen LogP contribution in [0.3, 0.4) is 0 Å². The van der Waals surface area contributed by atoms with Gasteiger partial charge in [-0.1, -0.05) is 314 Å². The van der Waals surface area contributed by atoms with E-state index in [2.05, 4.69) is 340 Å². The van der Waals surface area contributed by atoms with Crippen molar-refractivity contribution >= 4 is 64.4 Å². The molecule has 0 radical (unpaired) electrons. The highest BCUT2D eigenvalue weighted by Gasteiger charge is 2.45. The van der Waals surface area contributed by atoms with Gasteiger partial charge >= 0.3 is 0 Å². The Labute approximate surface area is 718 Å². The number of hydrogen-bond acceptors (Lipinski definition) is 5. The number of methoxy groups -OCH3 is 1. The third kappa shape index (κ3) is 21.4. The quantitative estimate of drug-likeness (QED) is 0.0501. The number of hydrogen-bond donors (Lipinski definition) is 0. The van der Waals surface area contributed by atoms with Gasteiger partial charge in [-0.2, -0.15) is 0 Å². The minimum Gasteiger partial charge on any atom is -0.413 e. The maximum Gasteiger partial charge on any atom is 0.255 e. The zero-order valence-corrected chi connectivity index (χ0v) is 77.7. The second-order valence-corrected chi connectivity index (χ2v) is 55.4. The van der Waals surface area contributed by atoms with Crippen molar-refractivity contribution in [2.75, 3.05) is 40.1 Å². The fraction of sp³-hybridized carbons (Fsp3) is 0.523. The lowest BCUT2D eigenvalue weighted by Crippen LogP contribution is -2.60. The molecule has 0 aromatic heterocycles. The first-order valence-electron chi connectivity index (χ1n) is 47.3. The first-order chi connectivity index (χ1) is 57.4. The summed E-state index contributed by atoms with van der Waals surface area (Å²) in [7, 11) is -5.88. The Kier molecular flexibility index (Phi) is 29.8. The van der Waals surface area contributed by atoms with Crippen molar-refractivity contribution in [1.82, 2.24) is 0 Å². The second-order valence-electron chi connectivity index (χ2n) is 40.2. The molecule has 0 aliphatic heterocycles. The number of fused-ring (bicyclic) bond motifs is 16. The van der Waals surface area contributed by atoms with E-state index < -0.39 is 33.3 Å². The van der Waals surface area contributed by atoms with Gasteiger partial charge in [0.1, 0.15) is 0 Å². The summed E-state index contributed by atoms with van der Waals surface area (Å²) in [5, 5.41) is 8.38. The molecule has 16 aliphatic rings. The van der Waals surface area contributed by atoms with Crippen molar-refractivity contribution in [3.05, 3.63) is 279 Å². The SMILES string of the molecule is CC1CC2C=CC1C2.CC1CC2C=CC1C2.CC1CC2C=CC1C2.CC[Si](C)(OCC1CC2C=CC1C2)c1ccccc1.CC[Si](OCC1CC2C=CC1C2)(c1ccccc1)c1ccccc1.COCC1CC2C=CC1C2.C[Si](C)(OCC1CC2C=CC1C2)c1ccccc1.C[Si](OCC1CC2C=CC1C2)(c1ccccc1)c1ccccc1. The summed E-state index contributed by atoms with van der Waals surface area (Å²) in [5.74, 6) is 20.7. The molecular formula is C109H146O5Si4. The van der Waals surface area contributed by atoms with E-state index in [9.17, 15) is 0 Å². The molecule has 0 N–H and O–H groups in total. The molecule has 22 rings (SSSR count). The van der Waals surface area contributed by atoms with Gasteiger partial charge in [-0.05, 0) is 314 Å². The molecule has 5 nitrogen and oxygen atoms in total. The monoisotopic (exact) mass is 1650 g/mol. The van der Waals surface area contributed by atoms with E-state index in [0.29, 0.717) is 11.8 Å². The van der Waals surface area contributed by atoms with Crippen molar-refractivity contribution in [2.45, 2.75) is 176 Å². The van der Waals surface area contributed by atoms with Gasteiger partial charge in [-0.3, -0.25) is 0 Å². The lowest BCUT2D eigenvalue weighted by atomic mass is 9.95. The van der Waals surface area contributed by atoms with Crippen LogP contribution in [0.15, 0.2) is 279 Å². The normalized spacial score (nSPS) is 33.8. The molecule has 6 aromatic rings. The lowest BCUT2D eigenvalue weighted by molar-refractivity contribution is 0.140. The summed E-state index contributed by atoms with van der Waals surface area (Å²) in [6, 6.07) is 67.4. The van der Waals surface area contributed by atoms with Gasteiger partial charge < -0.3 is 22.4 Å². The van der Waals surface area contributed by atoms with Crippen molar-refractivity contribution in [1.29, 1.82) is 0 Å². The number of rotatable bonds is 22. The zero-order chi connectivity index (χ0) is 81.6. The first-order valence-corrected chi connectivity index (χ1v) is 57.3. The maximum atomic E-state index is 6.89. The van der Waals surface area contributed by atoms with Gasteiger partial charge in [-0.15, -0.1) is 0 Å². The van der Waals surface area contributed by atoms with Gasteiger partial charge in [0.2, 0.25) is 16.6 Å². The fourth-order valence-corrected chi connectivity index (χ4v) is 34.7. The van der Waals surface area contributed by atoms with Gasteiger partial charge in [0.15, 0.2) is 0 Å². The van der Waals surface area contributed by atoms with Gasteiger partial charge in [-0.25, -0.2) is 0 Å². The van der Waals surface area contributed by atoms with Crippen LogP contribution in [0.25, 0.3) is 0 Å². The summed E-state index contributed by atoms with van der Waals surface area (Å²) in [6.07, 6.45) is 60.8. The molecule has 0 saturated heterocycles. The van der Waals surface area contributed by atoms with Crippen molar-refractivity contribution < 1.29 is 22.4 Å². The molecule has 0 heterocycles. The highest BCUT2D eigenvalue weighted by molar-refractivity contribution is 6.97. The predicted octanol–water partition coefficient (Wildman–Crippen LogP) is 23.1. The van der Waals surface area contributed by atoms with Crippen molar-refractivity contribution in [3.8, 4) is 0 Å². The molecule has 9 heteroatoms. The van der Waals surface area contributed by atoms with Crippen LogP contribution in [-0.4, -0.2) is 73.4 Å². The Morgan fingerprint density at radius 1 is 0.246 bits per heavy atom. The smallest absolute Gasteiger partial charge is 0.255 e.